The van der Waals surface area contributed by atoms with Crippen molar-refractivity contribution in [2.24, 2.45) is 0 Å². The predicted molar refractivity (Wildman–Crippen MR) is 22.3 cm³/mol. The maximum atomic E-state index is 8.48. The minimum absolute atomic E-state index is 0. The Morgan fingerprint density at radius 2 is 0.778 bits per heavy atom. The van der Waals surface area contributed by atoms with E-state index in [0.29, 0.717) is 0 Å². The average molecular weight is 198 g/mol. The smallest absolute Gasteiger partial charge is 0.744 e. The predicted octanol–water partition coefficient (Wildman–Crippen LogP) is -1.51. The number of hydrogen-bond acceptors (Lipinski definition) is 6. The third-order valence-corrected chi connectivity index (χ3v) is 0. The average Bonchev–Trinajstić information content (AvgIpc) is 1.25. The second-order valence-electron chi connectivity index (χ2n) is 0.447. The molecule has 6 nitrogen and oxygen atoms in total. The number of rotatable bonds is 0. The van der Waals surface area contributed by atoms with Crippen LogP contribution in [-0.4, -0.2) is 37.7 Å². The summed E-state index contributed by atoms with van der Waals surface area (Å²) in [6.07, 6.45) is 0. The van der Waals surface area contributed by atoms with Crippen LogP contribution in [0.3, 0.4) is 0 Å². The second-order valence-corrected chi connectivity index (χ2v) is 1.34. The van der Waals surface area contributed by atoms with Crippen molar-refractivity contribution in [1.82, 2.24) is 0 Å². The number of hydrogen-bond donors (Lipinski definition) is 0. The third-order valence-electron chi connectivity index (χ3n) is 0. The fraction of sp³-hybridized carbons (Fsp3) is 0. The minimum Gasteiger partial charge on any atom is -0.744 e. The van der Waals surface area contributed by atoms with E-state index in [9.17, 15) is 0 Å². The Morgan fingerprint density at radius 1 is 0.778 bits per heavy atom. The Labute approximate surface area is 81.1 Å². The zero-order valence-corrected chi connectivity index (χ0v) is 8.05. The van der Waals surface area contributed by atoms with E-state index in [-0.39, 0.29) is 37.7 Å². The molecule has 0 saturated carbocycles. The summed E-state index contributed by atoms with van der Waals surface area (Å²) in [6, 6.07) is 0. The zero-order valence-electron chi connectivity index (χ0n) is 4.05. The molecule has 0 fully saturated rings. The van der Waals surface area contributed by atoms with Gasteiger partial charge in [-0.3, -0.25) is 18.3 Å². The maximum absolute atomic E-state index is 8.48. The van der Waals surface area contributed by atoms with Crippen LogP contribution < -0.4 is 9.79 Å². The molecule has 0 saturated heterocycles. The van der Waals surface area contributed by atoms with E-state index < -0.39 is 15.8 Å². The van der Waals surface area contributed by atoms with Gasteiger partial charge >= 0.3 is 37.7 Å². The summed E-state index contributed by atoms with van der Waals surface area (Å²) < 4.78 is 33.9. The molecule has 0 amide bonds. The fourth-order valence-corrected chi connectivity index (χ4v) is 0. The van der Waals surface area contributed by atoms with Gasteiger partial charge in [0.1, 0.15) is 0 Å². The molecular weight excluding hydrogens is 198 g/mol. The standard InChI is InChI=1S/Ca.2HO3P/c;2*1-4(2)3/h;2*(H,1,2,3)/q+2;;/p-2. The molecule has 0 aliphatic heterocycles. The topological polar surface area (TPSA) is 114 Å². The largest absolute Gasteiger partial charge is 2.00 e. The van der Waals surface area contributed by atoms with Crippen LogP contribution in [0.25, 0.3) is 0 Å². The maximum Gasteiger partial charge on any atom is 2.00 e. The molecule has 0 aromatic heterocycles. The van der Waals surface area contributed by atoms with E-state index in [2.05, 4.69) is 0 Å². The Hall–Kier alpha value is 0.980. The summed E-state index contributed by atoms with van der Waals surface area (Å²) in [4.78, 5) is 17.0. The molecule has 0 unspecified atom stereocenters. The van der Waals surface area contributed by atoms with Gasteiger partial charge in [0, 0.05) is 0 Å². The molecule has 0 rings (SSSR count). The van der Waals surface area contributed by atoms with Crippen LogP contribution in [-0.2, 0) is 18.3 Å². The first-order chi connectivity index (χ1) is 3.46. The summed E-state index contributed by atoms with van der Waals surface area (Å²) in [5.41, 5.74) is 0. The van der Waals surface area contributed by atoms with Crippen molar-refractivity contribution in [3.63, 3.8) is 0 Å². The Morgan fingerprint density at radius 3 is 0.778 bits per heavy atom. The summed E-state index contributed by atoms with van der Waals surface area (Å²) in [5.74, 6) is 0. The molecule has 9 heteroatoms. The van der Waals surface area contributed by atoms with Gasteiger partial charge in [-0.1, -0.05) is 0 Å². The van der Waals surface area contributed by atoms with Gasteiger partial charge in [0.05, 0.1) is 0 Å². The van der Waals surface area contributed by atoms with Gasteiger partial charge in [-0.25, -0.2) is 0 Å². The molecule has 0 bridgehead atoms. The van der Waals surface area contributed by atoms with Crippen LogP contribution in [0, 0.1) is 0 Å². The molecule has 0 spiro atoms. The molecule has 0 heterocycles. The molecule has 9 heavy (non-hydrogen) atoms. The summed E-state index contributed by atoms with van der Waals surface area (Å²) in [6.45, 7) is 0. The first-order valence-electron chi connectivity index (χ1n) is 1.10. The molecule has 0 aromatic carbocycles. The van der Waals surface area contributed by atoms with Gasteiger partial charge in [-0.05, 0) is 0 Å². The monoisotopic (exact) mass is 198 g/mol. The van der Waals surface area contributed by atoms with Crippen LogP contribution in [0.4, 0.5) is 0 Å². The molecule has 48 valence electrons. The first kappa shape index (κ1) is 16.5. The fourth-order valence-electron chi connectivity index (χ4n) is 0. The Kier molecular flexibility index (Phi) is 21.5. The van der Waals surface area contributed by atoms with Crippen molar-refractivity contribution in [2.75, 3.05) is 0 Å². The van der Waals surface area contributed by atoms with E-state index in [0.717, 1.165) is 0 Å². The van der Waals surface area contributed by atoms with Gasteiger partial charge in [-0.2, -0.15) is 0 Å². The van der Waals surface area contributed by atoms with Crippen molar-refractivity contribution in [2.45, 2.75) is 0 Å². The molecule has 0 aromatic rings. The van der Waals surface area contributed by atoms with Gasteiger partial charge < -0.3 is 9.79 Å². The van der Waals surface area contributed by atoms with Crippen LogP contribution in [0.5, 0.6) is 0 Å². The van der Waals surface area contributed by atoms with E-state index in [4.69, 9.17) is 28.0 Å². The van der Waals surface area contributed by atoms with E-state index in [1.165, 1.54) is 0 Å². The summed E-state index contributed by atoms with van der Waals surface area (Å²) >= 11 is 0. The molecular formula is CaO6P2. The molecule has 0 aliphatic carbocycles. The van der Waals surface area contributed by atoms with Crippen LogP contribution >= 0.6 is 15.8 Å². The quantitative estimate of drug-likeness (QED) is 0.345. The van der Waals surface area contributed by atoms with Crippen molar-refractivity contribution in [3.8, 4) is 0 Å². The Balaban J connectivity index is -0.0000000720. The van der Waals surface area contributed by atoms with Crippen LogP contribution in [0.15, 0.2) is 0 Å². The second kappa shape index (κ2) is 11.7. The molecule has 0 N–H and O–H groups in total. The van der Waals surface area contributed by atoms with Gasteiger partial charge in [0.25, 0.3) is 0 Å². The Bertz CT molecular complexity index is 128. The SMILES string of the molecule is O=P(=O)[O-].O=P(=O)[O-].[Ca+2]. The van der Waals surface area contributed by atoms with E-state index >= 15 is 0 Å². The molecule has 0 atom stereocenters. The zero-order chi connectivity index (χ0) is 7.15. The third kappa shape index (κ3) is 456. The van der Waals surface area contributed by atoms with Crippen molar-refractivity contribution >= 4 is 53.6 Å². The molecule has 0 aliphatic rings. The van der Waals surface area contributed by atoms with Gasteiger partial charge in [0.15, 0.2) is 0 Å². The van der Waals surface area contributed by atoms with Crippen molar-refractivity contribution in [1.29, 1.82) is 0 Å². The van der Waals surface area contributed by atoms with E-state index in [1.54, 1.807) is 0 Å². The van der Waals surface area contributed by atoms with Crippen LogP contribution in [0.1, 0.15) is 0 Å². The normalized spacial score (nSPS) is 5.56. The van der Waals surface area contributed by atoms with Gasteiger partial charge in [-0.15, -0.1) is 0 Å². The summed E-state index contributed by atoms with van der Waals surface area (Å²) in [7, 11) is -6.74. The van der Waals surface area contributed by atoms with Crippen LogP contribution in [0.2, 0.25) is 0 Å². The first-order valence-corrected chi connectivity index (χ1v) is 3.29. The summed E-state index contributed by atoms with van der Waals surface area (Å²) in [5, 5.41) is 0. The van der Waals surface area contributed by atoms with Crippen molar-refractivity contribution in [3.05, 3.63) is 0 Å². The van der Waals surface area contributed by atoms with E-state index in [1.807, 2.05) is 0 Å². The van der Waals surface area contributed by atoms with Crippen molar-refractivity contribution < 1.29 is 28.0 Å². The van der Waals surface area contributed by atoms with Gasteiger partial charge in [0.2, 0.25) is 15.8 Å². The molecule has 0 radical (unpaired) electrons. The minimum atomic E-state index is -3.37.